The van der Waals surface area contributed by atoms with Crippen molar-refractivity contribution < 1.29 is 4.40 Å². The van der Waals surface area contributed by atoms with Crippen LogP contribution in [-0.2, 0) is 0 Å². The first kappa shape index (κ1) is 13.4. The highest BCUT2D eigenvalue weighted by molar-refractivity contribution is 8.25. The summed E-state index contributed by atoms with van der Waals surface area (Å²) in [6.07, 6.45) is 0. The molecule has 0 radical (unpaired) electrons. The second-order valence-electron chi connectivity index (χ2n) is 4.06. The summed E-state index contributed by atoms with van der Waals surface area (Å²) in [4.78, 5) is 0. The zero-order valence-corrected chi connectivity index (χ0v) is 12.9. The Labute approximate surface area is 130 Å². The second kappa shape index (κ2) is 5.80. The van der Waals surface area contributed by atoms with E-state index >= 15 is 0 Å². The molecular weight excluding hydrogens is 317 g/mol. The summed E-state index contributed by atoms with van der Waals surface area (Å²) in [6.45, 7) is 0. The SMILES string of the molecule is Clc1ccc(C2=[NH+]SC(c3ccc(Cl)cc3)S2)cc1. The van der Waals surface area contributed by atoms with E-state index < -0.39 is 0 Å². The summed E-state index contributed by atoms with van der Waals surface area (Å²) in [7, 11) is 0. The van der Waals surface area contributed by atoms with Gasteiger partial charge in [0.1, 0.15) is 0 Å². The molecule has 1 aliphatic heterocycles. The first-order chi connectivity index (χ1) is 9.22. The van der Waals surface area contributed by atoms with Gasteiger partial charge in [-0.15, -0.1) is 0 Å². The van der Waals surface area contributed by atoms with Crippen molar-refractivity contribution in [3.8, 4) is 0 Å². The van der Waals surface area contributed by atoms with Gasteiger partial charge >= 0.3 is 0 Å². The van der Waals surface area contributed by atoms with E-state index in [0.29, 0.717) is 4.58 Å². The Kier molecular flexibility index (Phi) is 4.08. The van der Waals surface area contributed by atoms with Gasteiger partial charge in [-0.1, -0.05) is 35.3 Å². The molecule has 1 N–H and O–H groups in total. The van der Waals surface area contributed by atoms with Crippen LogP contribution in [0.15, 0.2) is 48.5 Å². The summed E-state index contributed by atoms with van der Waals surface area (Å²) in [5, 5.41) is 2.70. The summed E-state index contributed by atoms with van der Waals surface area (Å²) in [6, 6.07) is 15.9. The molecule has 0 saturated carbocycles. The third-order valence-corrected chi connectivity index (χ3v) is 5.81. The Morgan fingerprint density at radius 3 is 2.05 bits per heavy atom. The molecule has 1 aliphatic rings. The fraction of sp³-hybridized carbons (Fsp3) is 0.0714. The molecule has 3 rings (SSSR count). The maximum atomic E-state index is 5.91. The van der Waals surface area contributed by atoms with Crippen molar-refractivity contribution in [3.05, 3.63) is 69.7 Å². The minimum atomic E-state index is 0.350. The van der Waals surface area contributed by atoms with E-state index in [4.69, 9.17) is 23.2 Å². The molecule has 0 aromatic heterocycles. The Balaban J connectivity index is 1.76. The Morgan fingerprint density at radius 1 is 0.842 bits per heavy atom. The van der Waals surface area contributed by atoms with Crippen LogP contribution < -0.4 is 4.40 Å². The standard InChI is InChI=1S/C14H9Cl2NS2/c15-11-5-1-9(2-6-11)13-17-19-14(18-13)10-3-7-12(16)8-4-10/h1-8,14H/p+1. The van der Waals surface area contributed by atoms with Gasteiger partial charge in [-0.3, -0.25) is 0 Å². The molecule has 19 heavy (non-hydrogen) atoms. The van der Waals surface area contributed by atoms with Crippen LogP contribution in [0.2, 0.25) is 10.0 Å². The average molecular weight is 327 g/mol. The van der Waals surface area contributed by atoms with Crippen molar-refractivity contribution in [2.75, 3.05) is 0 Å². The molecule has 1 nitrogen and oxygen atoms in total. The first-order valence-electron chi connectivity index (χ1n) is 5.69. The lowest BCUT2D eigenvalue weighted by Gasteiger charge is -2.03. The van der Waals surface area contributed by atoms with Crippen LogP contribution in [-0.4, -0.2) is 5.04 Å². The number of hydrogen-bond donors (Lipinski definition) is 1. The van der Waals surface area contributed by atoms with Crippen LogP contribution in [0.25, 0.3) is 0 Å². The van der Waals surface area contributed by atoms with E-state index in [1.165, 1.54) is 16.2 Å². The molecule has 0 amide bonds. The van der Waals surface area contributed by atoms with Gasteiger partial charge in [0.2, 0.25) is 0 Å². The second-order valence-corrected chi connectivity index (χ2v) is 7.26. The molecule has 0 spiro atoms. The lowest BCUT2D eigenvalue weighted by atomic mass is 10.2. The van der Waals surface area contributed by atoms with Gasteiger partial charge in [0, 0.05) is 10.0 Å². The van der Waals surface area contributed by atoms with Gasteiger partial charge in [0.25, 0.3) is 5.04 Å². The molecule has 2 aromatic carbocycles. The van der Waals surface area contributed by atoms with Gasteiger partial charge in [-0.25, -0.2) is 0 Å². The molecule has 5 heteroatoms. The van der Waals surface area contributed by atoms with Crippen molar-refractivity contribution in [1.29, 1.82) is 0 Å². The number of nitrogens with one attached hydrogen (secondary N) is 1. The zero-order valence-electron chi connectivity index (χ0n) is 9.77. The van der Waals surface area contributed by atoms with Gasteiger partial charge < -0.3 is 0 Å². The van der Waals surface area contributed by atoms with Crippen LogP contribution in [0.4, 0.5) is 0 Å². The maximum absolute atomic E-state index is 5.91. The molecule has 1 atom stereocenters. The number of thioether (sulfide) groups is 1. The number of halogens is 2. The lowest BCUT2D eigenvalue weighted by molar-refractivity contribution is -0.237. The topological polar surface area (TPSA) is 14.0 Å². The highest BCUT2D eigenvalue weighted by Crippen LogP contribution is 2.40. The van der Waals surface area contributed by atoms with E-state index in [1.807, 2.05) is 48.2 Å². The highest BCUT2D eigenvalue weighted by Gasteiger charge is 2.30. The summed E-state index contributed by atoms with van der Waals surface area (Å²) in [5.74, 6) is 0. The third kappa shape index (κ3) is 3.11. The van der Waals surface area contributed by atoms with Crippen LogP contribution >= 0.6 is 46.9 Å². The van der Waals surface area contributed by atoms with Gasteiger partial charge in [0.05, 0.1) is 5.56 Å². The largest absolute Gasteiger partial charge is 0.255 e. The molecule has 0 bridgehead atoms. The molecule has 0 fully saturated rings. The van der Waals surface area contributed by atoms with E-state index in [1.54, 1.807) is 11.9 Å². The molecule has 0 saturated heterocycles. The van der Waals surface area contributed by atoms with Crippen LogP contribution in [0.3, 0.4) is 0 Å². The van der Waals surface area contributed by atoms with Gasteiger partial charge in [-0.2, -0.15) is 4.40 Å². The van der Waals surface area contributed by atoms with Crippen LogP contribution in [0.5, 0.6) is 0 Å². The van der Waals surface area contributed by atoms with E-state index in [2.05, 4.69) is 16.5 Å². The summed E-state index contributed by atoms with van der Waals surface area (Å²) < 4.78 is 3.73. The predicted molar refractivity (Wildman–Crippen MR) is 85.9 cm³/mol. The fourth-order valence-corrected chi connectivity index (χ4v) is 4.37. The predicted octanol–water partition coefficient (Wildman–Crippen LogP) is 3.91. The Hall–Kier alpha value is -0.610. The number of hydrogen-bond acceptors (Lipinski definition) is 2. The number of rotatable bonds is 2. The third-order valence-electron chi connectivity index (χ3n) is 2.73. The average Bonchev–Trinajstić information content (AvgIpc) is 2.90. The van der Waals surface area contributed by atoms with E-state index in [9.17, 15) is 0 Å². The normalized spacial score (nSPS) is 18.4. The van der Waals surface area contributed by atoms with Crippen LogP contribution in [0.1, 0.15) is 15.7 Å². The summed E-state index contributed by atoms with van der Waals surface area (Å²) in [5.41, 5.74) is 2.43. The van der Waals surface area contributed by atoms with Crippen molar-refractivity contribution in [2.24, 2.45) is 0 Å². The van der Waals surface area contributed by atoms with Crippen molar-refractivity contribution in [1.82, 2.24) is 0 Å². The quantitative estimate of drug-likeness (QED) is 0.841. The zero-order chi connectivity index (χ0) is 13.2. The highest BCUT2D eigenvalue weighted by atomic mass is 35.5. The molecule has 2 aromatic rings. The Bertz CT molecular complexity index is 608. The van der Waals surface area contributed by atoms with Gasteiger partial charge in [0.15, 0.2) is 16.5 Å². The monoisotopic (exact) mass is 326 g/mol. The van der Waals surface area contributed by atoms with Crippen LogP contribution in [0, 0.1) is 0 Å². The number of benzene rings is 2. The molecule has 96 valence electrons. The molecule has 0 aliphatic carbocycles. The molecule has 1 unspecified atom stereocenters. The Morgan fingerprint density at radius 2 is 1.42 bits per heavy atom. The fourth-order valence-electron chi connectivity index (χ4n) is 1.75. The molecular formula is C14H10Cl2NS2+. The maximum Gasteiger partial charge on any atom is 0.255 e. The van der Waals surface area contributed by atoms with Crippen molar-refractivity contribution >= 4 is 52.0 Å². The molecule has 1 heterocycles. The minimum Gasteiger partial charge on any atom is -0.165 e. The lowest BCUT2D eigenvalue weighted by Crippen LogP contribution is -2.60. The smallest absolute Gasteiger partial charge is 0.165 e. The van der Waals surface area contributed by atoms with E-state index in [-0.39, 0.29) is 0 Å². The summed E-state index contributed by atoms with van der Waals surface area (Å²) >= 11 is 15.3. The van der Waals surface area contributed by atoms with Crippen molar-refractivity contribution in [3.63, 3.8) is 0 Å². The van der Waals surface area contributed by atoms with E-state index in [0.717, 1.165) is 10.0 Å². The minimum absolute atomic E-state index is 0.350. The van der Waals surface area contributed by atoms with Crippen molar-refractivity contribution in [2.45, 2.75) is 4.58 Å². The first-order valence-corrected chi connectivity index (χ1v) is 8.20. The van der Waals surface area contributed by atoms with Gasteiger partial charge in [-0.05, 0) is 53.7 Å².